The minimum Gasteiger partial charge on any atom is -0.494 e. The standard InChI is InChI=1S/C22H26N2O5S/c1-4-5-11-29-16-8-6-7-15(12-16)20(26)23-21-19(22(27)28-3)17-9-10-24(14(2)25)13-18(17)30-21/h6-8,12H,4-5,9-11,13H2,1-3H3,(H,23,26). The molecule has 1 N–H and O–H groups in total. The Bertz CT molecular complexity index is 953. The van der Waals surface area contributed by atoms with Gasteiger partial charge in [-0.3, -0.25) is 9.59 Å². The maximum atomic E-state index is 12.9. The monoisotopic (exact) mass is 430 g/mol. The molecule has 7 nitrogen and oxygen atoms in total. The van der Waals surface area contributed by atoms with Gasteiger partial charge >= 0.3 is 5.97 Å². The molecule has 1 aliphatic heterocycles. The number of methoxy groups -OCH3 is 1. The van der Waals surface area contributed by atoms with Crippen molar-refractivity contribution in [2.75, 3.05) is 25.6 Å². The molecular weight excluding hydrogens is 404 g/mol. The lowest BCUT2D eigenvalue weighted by Gasteiger charge is -2.25. The van der Waals surface area contributed by atoms with Crippen LogP contribution in [0.1, 0.15) is 57.8 Å². The molecule has 8 heteroatoms. The van der Waals surface area contributed by atoms with Gasteiger partial charge in [-0.05, 0) is 36.6 Å². The van der Waals surface area contributed by atoms with Crippen LogP contribution in [-0.4, -0.2) is 42.9 Å². The number of hydrogen-bond donors (Lipinski definition) is 1. The van der Waals surface area contributed by atoms with Crippen LogP contribution in [0.25, 0.3) is 0 Å². The predicted octanol–water partition coefficient (Wildman–Crippen LogP) is 3.87. The first-order valence-corrected chi connectivity index (χ1v) is 10.8. The molecule has 0 unspecified atom stereocenters. The summed E-state index contributed by atoms with van der Waals surface area (Å²) in [6.45, 7) is 5.17. The number of nitrogens with one attached hydrogen (secondary N) is 1. The highest BCUT2D eigenvalue weighted by Crippen LogP contribution is 2.38. The Hall–Kier alpha value is -2.87. The van der Waals surface area contributed by atoms with Gasteiger partial charge in [0.05, 0.1) is 25.8 Å². The van der Waals surface area contributed by atoms with E-state index in [9.17, 15) is 14.4 Å². The van der Waals surface area contributed by atoms with Gasteiger partial charge in [0, 0.05) is 23.9 Å². The van der Waals surface area contributed by atoms with Crippen molar-refractivity contribution in [2.24, 2.45) is 0 Å². The fraction of sp³-hybridized carbons (Fsp3) is 0.409. The van der Waals surface area contributed by atoms with Crippen molar-refractivity contribution in [3.63, 3.8) is 0 Å². The summed E-state index contributed by atoms with van der Waals surface area (Å²) < 4.78 is 10.6. The molecule has 1 aromatic heterocycles. The molecule has 2 amide bonds. The normalized spacial score (nSPS) is 12.8. The zero-order valence-electron chi connectivity index (χ0n) is 17.4. The van der Waals surface area contributed by atoms with E-state index in [1.165, 1.54) is 25.4 Å². The lowest BCUT2D eigenvalue weighted by Crippen LogP contribution is -2.33. The summed E-state index contributed by atoms with van der Waals surface area (Å²) in [5, 5.41) is 3.30. The SMILES string of the molecule is CCCCOc1cccc(C(=O)Nc2sc3c(c2C(=O)OC)CCN(C(C)=O)C3)c1. The zero-order valence-corrected chi connectivity index (χ0v) is 18.3. The number of esters is 1. The summed E-state index contributed by atoms with van der Waals surface area (Å²) in [5.41, 5.74) is 1.66. The van der Waals surface area contributed by atoms with Crippen LogP contribution < -0.4 is 10.1 Å². The van der Waals surface area contributed by atoms with Gasteiger partial charge in [0.15, 0.2) is 0 Å². The second-order valence-corrected chi connectivity index (χ2v) is 8.18. The van der Waals surface area contributed by atoms with E-state index in [1.54, 1.807) is 23.1 Å². The fourth-order valence-electron chi connectivity index (χ4n) is 3.32. The van der Waals surface area contributed by atoms with Gasteiger partial charge in [-0.2, -0.15) is 0 Å². The molecule has 0 atom stereocenters. The highest BCUT2D eigenvalue weighted by Gasteiger charge is 2.30. The first kappa shape index (κ1) is 21.8. The van der Waals surface area contributed by atoms with Crippen molar-refractivity contribution >= 4 is 34.1 Å². The molecule has 2 aromatic rings. The number of fused-ring (bicyclic) bond motifs is 1. The van der Waals surface area contributed by atoms with Gasteiger partial charge in [-0.25, -0.2) is 4.79 Å². The van der Waals surface area contributed by atoms with Crippen LogP contribution >= 0.6 is 11.3 Å². The van der Waals surface area contributed by atoms with E-state index in [0.717, 1.165) is 23.3 Å². The number of anilines is 1. The number of amides is 2. The summed E-state index contributed by atoms with van der Waals surface area (Å²) in [4.78, 5) is 39.7. The number of unbranched alkanes of at least 4 members (excludes halogenated alkanes) is 1. The van der Waals surface area contributed by atoms with Crippen molar-refractivity contribution in [2.45, 2.75) is 39.7 Å². The lowest BCUT2D eigenvalue weighted by atomic mass is 10.0. The first-order valence-electron chi connectivity index (χ1n) is 9.97. The molecule has 0 saturated carbocycles. The summed E-state index contributed by atoms with van der Waals surface area (Å²) in [6, 6.07) is 6.97. The summed E-state index contributed by atoms with van der Waals surface area (Å²) in [5.74, 6) is -0.204. The van der Waals surface area contributed by atoms with Crippen molar-refractivity contribution in [3.05, 3.63) is 45.8 Å². The van der Waals surface area contributed by atoms with E-state index in [0.29, 0.717) is 48.0 Å². The molecular formula is C22H26N2O5S. The largest absolute Gasteiger partial charge is 0.494 e. The zero-order chi connectivity index (χ0) is 21.7. The predicted molar refractivity (Wildman–Crippen MR) is 115 cm³/mol. The maximum absolute atomic E-state index is 12.9. The second-order valence-electron chi connectivity index (χ2n) is 7.07. The topological polar surface area (TPSA) is 84.9 Å². The third-order valence-corrected chi connectivity index (χ3v) is 6.11. The van der Waals surface area contributed by atoms with Crippen LogP contribution in [-0.2, 0) is 22.5 Å². The average molecular weight is 431 g/mol. The third-order valence-electron chi connectivity index (χ3n) is 4.98. The molecule has 0 fully saturated rings. The lowest BCUT2D eigenvalue weighted by molar-refractivity contribution is -0.129. The Kier molecular flexibility index (Phi) is 7.10. The number of carbonyl (C=O) groups excluding carboxylic acids is 3. The average Bonchev–Trinajstić information content (AvgIpc) is 3.10. The number of nitrogens with zero attached hydrogens (tertiary/aromatic N) is 1. The van der Waals surface area contributed by atoms with Gasteiger partial charge in [-0.15, -0.1) is 11.3 Å². The van der Waals surface area contributed by atoms with E-state index >= 15 is 0 Å². The molecule has 0 saturated heterocycles. The molecule has 160 valence electrons. The van der Waals surface area contributed by atoms with Crippen LogP contribution in [0.15, 0.2) is 24.3 Å². The Labute approximate surface area is 180 Å². The summed E-state index contributed by atoms with van der Waals surface area (Å²) in [7, 11) is 1.32. The van der Waals surface area contributed by atoms with E-state index < -0.39 is 5.97 Å². The van der Waals surface area contributed by atoms with Crippen LogP contribution in [0.3, 0.4) is 0 Å². The van der Waals surface area contributed by atoms with Crippen LogP contribution in [0.4, 0.5) is 5.00 Å². The van der Waals surface area contributed by atoms with E-state index in [-0.39, 0.29) is 11.8 Å². The van der Waals surface area contributed by atoms with Crippen molar-refractivity contribution in [1.29, 1.82) is 0 Å². The number of ether oxygens (including phenoxy) is 2. The van der Waals surface area contributed by atoms with Crippen LogP contribution in [0.2, 0.25) is 0 Å². The highest BCUT2D eigenvalue weighted by molar-refractivity contribution is 7.17. The maximum Gasteiger partial charge on any atom is 0.341 e. The Balaban J connectivity index is 1.84. The number of benzene rings is 1. The summed E-state index contributed by atoms with van der Waals surface area (Å²) >= 11 is 1.31. The van der Waals surface area contributed by atoms with E-state index in [4.69, 9.17) is 9.47 Å². The summed E-state index contributed by atoms with van der Waals surface area (Å²) in [6.07, 6.45) is 2.52. The van der Waals surface area contributed by atoms with E-state index in [1.807, 2.05) is 6.07 Å². The number of carbonyl (C=O) groups is 3. The molecule has 1 aliphatic rings. The minimum atomic E-state index is -0.490. The first-order chi connectivity index (χ1) is 14.4. The fourth-order valence-corrected chi connectivity index (χ4v) is 4.56. The molecule has 3 rings (SSSR count). The molecule has 2 heterocycles. The number of rotatable bonds is 7. The molecule has 0 bridgehead atoms. The van der Waals surface area contributed by atoms with Gasteiger partial charge in [-0.1, -0.05) is 19.4 Å². The number of thiophene rings is 1. The quantitative estimate of drug-likeness (QED) is 0.532. The number of hydrogen-bond acceptors (Lipinski definition) is 6. The van der Waals surface area contributed by atoms with Gasteiger partial charge in [0.25, 0.3) is 5.91 Å². The molecule has 0 radical (unpaired) electrons. The van der Waals surface area contributed by atoms with Gasteiger partial charge < -0.3 is 19.7 Å². The third kappa shape index (κ3) is 4.81. The van der Waals surface area contributed by atoms with Gasteiger partial charge in [0.1, 0.15) is 10.8 Å². The molecule has 1 aromatic carbocycles. The Morgan fingerprint density at radius 3 is 2.77 bits per heavy atom. The Morgan fingerprint density at radius 2 is 2.07 bits per heavy atom. The highest BCUT2D eigenvalue weighted by atomic mass is 32.1. The molecule has 30 heavy (non-hydrogen) atoms. The van der Waals surface area contributed by atoms with Crippen molar-refractivity contribution < 1.29 is 23.9 Å². The second kappa shape index (κ2) is 9.75. The minimum absolute atomic E-state index is 0.0147. The Morgan fingerprint density at radius 1 is 1.27 bits per heavy atom. The smallest absolute Gasteiger partial charge is 0.341 e. The van der Waals surface area contributed by atoms with Crippen LogP contribution in [0, 0.1) is 0 Å². The van der Waals surface area contributed by atoms with E-state index in [2.05, 4.69) is 12.2 Å². The van der Waals surface area contributed by atoms with Crippen molar-refractivity contribution in [3.8, 4) is 5.75 Å². The molecule has 0 spiro atoms. The van der Waals surface area contributed by atoms with Crippen LogP contribution in [0.5, 0.6) is 5.75 Å². The van der Waals surface area contributed by atoms with Crippen molar-refractivity contribution in [1.82, 2.24) is 4.90 Å². The molecule has 0 aliphatic carbocycles. The van der Waals surface area contributed by atoms with Gasteiger partial charge in [0.2, 0.25) is 5.91 Å².